The predicted molar refractivity (Wildman–Crippen MR) is 74.7 cm³/mol. The maximum atomic E-state index is 3.58. The van der Waals surface area contributed by atoms with Gasteiger partial charge in [-0.05, 0) is 62.4 Å². The van der Waals surface area contributed by atoms with E-state index < -0.39 is 0 Å². The molecule has 0 aromatic heterocycles. The van der Waals surface area contributed by atoms with Crippen LogP contribution in [-0.2, 0) is 0 Å². The number of halogens is 1. The Kier molecular flexibility index (Phi) is 2.97. The van der Waals surface area contributed by atoms with E-state index in [1.807, 2.05) is 0 Å². The molecule has 1 aliphatic carbocycles. The fraction of sp³-hybridized carbons (Fsp3) is 0.429. The Hall–Kier alpha value is -0.800. The average molecular weight is 293 g/mol. The summed E-state index contributed by atoms with van der Waals surface area (Å²) in [4.78, 5) is 0. The van der Waals surface area contributed by atoms with Crippen molar-refractivity contribution in [1.29, 1.82) is 0 Å². The number of anilines is 1. The number of hydrogen-bond acceptors (Lipinski definition) is 2. The number of allylic oxidation sites excluding steroid dienone is 1. The van der Waals surface area contributed by atoms with Crippen LogP contribution in [-0.4, -0.2) is 6.04 Å². The van der Waals surface area contributed by atoms with Crippen LogP contribution in [0, 0.1) is 0 Å². The van der Waals surface area contributed by atoms with Crippen molar-refractivity contribution in [3.8, 4) is 0 Å². The van der Waals surface area contributed by atoms with Gasteiger partial charge in [0, 0.05) is 16.2 Å². The Bertz CT molecular complexity index is 450. The highest BCUT2D eigenvalue weighted by molar-refractivity contribution is 9.10. The van der Waals surface area contributed by atoms with Gasteiger partial charge in [-0.25, -0.2) is 5.43 Å². The van der Waals surface area contributed by atoms with E-state index in [1.165, 1.54) is 37.1 Å². The van der Waals surface area contributed by atoms with Crippen LogP contribution in [0.5, 0.6) is 0 Å². The Morgan fingerprint density at radius 1 is 1.18 bits per heavy atom. The van der Waals surface area contributed by atoms with Crippen LogP contribution in [0.4, 0.5) is 5.69 Å². The zero-order valence-electron chi connectivity index (χ0n) is 10.0. The molecule has 0 amide bonds. The summed E-state index contributed by atoms with van der Waals surface area (Å²) in [6.07, 6.45) is 5.14. The van der Waals surface area contributed by atoms with Crippen LogP contribution < -0.4 is 10.4 Å². The first-order valence-electron chi connectivity index (χ1n) is 6.29. The fourth-order valence-electron chi connectivity index (χ4n) is 2.80. The topological polar surface area (TPSA) is 15.3 Å². The molecule has 0 fully saturated rings. The highest BCUT2D eigenvalue weighted by Crippen LogP contribution is 2.36. The van der Waals surface area contributed by atoms with Gasteiger partial charge in [0.05, 0.1) is 5.69 Å². The van der Waals surface area contributed by atoms with E-state index in [0.29, 0.717) is 6.04 Å². The zero-order valence-corrected chi connectivity index (χ0v) is 11.6. The number of rotatable bonds is 1. The van der Waals surface area contributed by atoms with Crippen molar-refractivity contribution in [3.63, 3.8) is 0 Å². The lowest BCUT2D eigenvalue weighted by Gasteiger charge is -2.24. The molecule has 1 aliphatic heterocycles. The van der Waals surface area contributed by atoms with Crippen molar-refractivity contribution in [2.24, 2.45) is 0 Å². The number of nitrogens with zero attached hydrogens (tertiary/aromatic N) is 1. The van der Waals surface area contributed by atoms with Gasteiger partial charge < -0.3 is 0 Å². The normalized spacial score (nSPS) is 24.1. The molecule has 90 valence electrons. The monoisotopic (exact) mass is 292 g/mol. The predicted octanol–water partition coefficient (Wildman–Crippen LogP) is 3.99. The van der Waals surface area contributed by atoms with Gasteiger partial charge in [-0.15, -0.1) is 0 Å². The van der Waals surface area contributed by atoms with Crippen LogP contribution in [0.25, 0.3) is 0 Å². The largest absolute Gasteiger partial charge is 0.281 e. The van der Waals surface area contributed by atoms with Gasteiger partial charge in [0.25, 0.3) is 0 Å². The first-order valence-corrected chi connectivity index (χ1v) is 7.09. The average Bonchev–Trinajstić information content (AvgIpc) is 2.69. The standard InChI is InChI=1S/C14H17BrN2/c1-10-13-4-2-3-5-14(13)17(16-10)12-8-6-11(15)7-9-12/h6-10,16H,2-5H2,1H3. The molecule has 0 saturated heterocycles. The molecule has 1 atom stereocenters. The molecule has 3 rings (SSSR count). The number of benzene rings is 1. The summed E-state index contributed by atoms with van der Waals surface area (Å²) >= 11 is 3.48. The van der Waals surface area contributed by atoms with Crippen molar-refractivity contribution in [1.82, 2.24) is 5.43 Å². The molecule has 1 aromatic carbocycles. The molecule has 0 bridgehead atoms. The first-order chi connectivity index (χ1) is 8.25. The van der Waals surface area contributed by atoms with Gasteiger partial charge in [0.15, 0.2) is 0 Å². The molecule has 0 saturated carbocycles. The second-order valence-corrected chi connectivity index (χ2v) is 5.76. The minimum atomic E-state index is 0.494. The Labute approximate surface area is 111 Å². The Balaban J connectivity index is 1.94. The summed E-state index contributed by atoms with van der Waals surface area (Å²) in [5, 5.41) is 2.28. The van der Waals surface area contributed by atoms with E-state index in [-0.39, 0.29) is 0 Å². The maximum Gasteiger partial charge on any atom is 0.0574 e. The summed E-state index contributed by atoms with van der Waals surface area (Å²) in [5.74, 6) is 0. The lowest BCUT2D eigenvalue weighted by molar-refractivity contribution is 0.639. The van der Waals surface area contributed by atoms with E-state index in [0.717, 1.165) is 4.47 Å². The second-order valence-electron chi connectivity index (χ2n) is 4.84. The molecule has 3 heteroatoms. The van der Waals surface area contributed by atoms with E-state index in [2.05, 4.69) is 57.6 Å². The molecule has 1 unspecified atom stereocenters. The van der Waals surface area contributed by atoms with Gasteiger partial charge >= 0.3 is 0 Å². The molecule has 0 radical (unpaired) electrons. The third kappa shape index (κ3) is 2.02. The lowest BCUT2D eigenvalue weighted by atomic mass is 9.93. The number of hydrogen-bond donors (Lipinski definition) is 1. The molecule has 1 heterocycles. The lowest BCUT2D eigenvalue weighted by Crippen LogP contribution is -2.35. The highest BCUT2D eigenvalue weighted by atomic mass is 79.9. The highest BCUT2D eigenvalue weighted by Gasteiger charge is 2.30. The maximum absolute atomic E-state index is 3.58. The third-order valence-electron chi connectivity index (χ3n) is 3.68. The van der Waals surface area contributed by atoms with Gasteiger partial charge in [0.1, 0.15) is 0 Å². The molecule has 17 heavy (non-hydrogen) atoms. The third-order valence-corrected chi connectivity index (χ3v) is 4.21. The second kappa shape index (κ2) is 4.46. The van der Waals surface area contributed by atoms with Gasteiger partial charge in [-0.3, -0.25) is 5.01 Å². The van der Waals surface area contributed by atoms with Crippen molar-refractivity contribution in [2.45, 2.75) is 38.6 Å². The number of nitrogens with one attached hydrogen (secondary N) is 1. The zero-order chi connectivity index (χ0) is 11.8. The summed E-state index contributed by atoms with van der Waals surface area (Å²) < 4.78 is 1.13. The van der Waals surface area contributed by atoms with E-state index in [1.54, 1.807) is 5.57 Å². The summed E-state index contributed by atoms with van der Waals surface area (Å²) in [7, 11) is 0. The van der Waals surface area contributed by atoms with Gasteiger partial charge in [-0.1, -0.05) is 15.9 Å². The van der Waals surface area contributed by atoms with Crippen molar-refractivity contribution in [2.75, 3.05) is 5.01 Å². The van der Waals surface area contributed by atoms with E-state index in [4.69, 9.17) is 0 Å². The SMILES string of the molecule is CC1NN(c2ccc(Br)cc2)C2=C1CCCC2. The Morgan fingerprint density at radius 2 is 1.88 bits per heavy atom. The van der Waals surface area contributed by atoms with E-state index >= 15 is 0 Å². The quantitative estimate of drug-likeness (QED) is 0.842. The van der Waals surface area contributed by atoms with Gasteiger partial charge in [0.2, 0.25) is 0 Å². The molecule has 2 aliphatic rings. The van der Waals surface area contributed by atoms with Crippen molar-refractivity contribution in [3.05, 3.63) is 40.0 Å². The molecular weight excluding hydrogens is 276 g/mol. The van der Waals surface area contributed by atoms with Crippen LogP contribution in [0.15, 0.2) is 40.0 Å². The van der Waals surface area contributed by atoms with Crippen LogP contribution >= 0.6 is 15.9 Å². The summed E-state index contributed by atoms with van der Waals surface area (Å²) in [6.45, 7) is 2.26. The molecule has 2 nitrogen and oxygen atoms in total. The van der Waals surface area contributed by atoms with Crippen LogP contribution in [0.3, 0.4) is 0 Å². The molecular formula is C14H17BrN2. The van der Waals surface area contributed by atoms with Gasteiger partial charge in [-0.2, -0.15) is 0 Å². The Morgan fingerprint density at radius 3 is 2.65 bits per heavy atom. The van der Waals surface area contributed by atoms with E-state index in [9.17, 15) is 0 Å². The fourth-order valence-corrected chi connectivity index (χ4v) is 3.07. The summed E-state index contributed by atoms with van der Waals surface area (Å²) in [6, 6.07) is 9.02. The molecule has 1 N–H and O–H groups in total. The van der Waals surface area contributed by atoms with Crippen LogP contribution in [0.1, 0.15) is 32.6 Å². The first kappa shape index (κ1) is 11.3. The summed E-state index contributed by atoms with van der Waals surface area (Å²) in [5.41, 5.74) is 7.93. The van der Waals surface area contributed by atoms with Crippen LogP contribution in [0.2, 0.25) is 0 Å². The smallest absolute Gasteiger partial charge is 0.0574 e. The number of hydrazine groups is 1. The molecule has 0 spiro atoms. The van der Waals surface area contributed by atoms with Crippen molar-refractivity contribution < 1.29 is 0 Å². The molecule has 1 aromatic rings. The minimum Gasteiger partial charge on any atom is -0.281 e. The van der Waals surface area contributed by atoms with Crippen molar-refractivity contribution >= 4 is 21.6 Å². The minimum absolute atomic E-state index is 0.494.